The third-order valence-electron chi connectivity index (χ3n) is 6.77. The third-order valence-corrected chi connectivity index (χ3v) is 6.77. The van der Waals surface area contributed by atoms with Gasteiger partial charge in [0, 0.05) is 36.2 Å². The van der Waals surface area contributed by atoms with E-state index in [1.807, 2.05) is 12.1 Å². The summed E-state index contributed by atoms with van der Waals surface area (Å²) in [4.78, 5) is 35.9. The number of H-pyrrole nitrogens is 1. The van der Waals surface area contributed by atoms with Gasteiger partial charge in [-0.05, 0) is 36.1 Å². The number of carbonyl (C=O) groups is 1. The molecule has 0 spiro atoms. The second-order valence-corrected chi connectivity index (χ2v) is 9.33. The van der Waals surface area contributed by atoms with Crippen molar-refractivity contribution in [3.63, 3.8) is 0 Å². The van der Waals surface area contributed by atoms with E-state index in [-0.39, 0.29) is 11.1 Å². The van der Waals surface area contributed by atoms with Crippen molar-refractivity contribution in [3.8, 4) is 0 Å². The van der Waals surface area contributed by atoms with Crippen molar-refractivity contribution in [2.45, 2.75) is 38.9 Å². The molecule has 4 aromatic rings. The molecular formula is C26H23FN6O2. The molecule has 0 radical (unpaired) electrons. The Balaban J connectivity index is 1.23. The number of benzene rings is 2. The fraction of sp³-hybridized carbons (Fsp3) is 0.269. The van der Waals surface area contributed by atoms with E-state index in [1.165, 1.54) is 6.07 Å². The Morgan fingerprint density at radius 3 is 2.80 bits per heavy atom. The lowest BCUT2D eigenvalue weighted by Gasteiger charge is -2.16. The summed E-state index contributed by atoms with van der Waals surface area (Å²) >= 11 is 0. The smallest absolute Gasteiger partial charge is 0.272 e. The highest BCUT2D eigenvalue weighted by atomic mass is 19.1. The Hall–Kier alpha value is -4.14. The minimum Gasteiger partial charge on any atom is -0.351 e. The van der Waals surface area contributed by atoms with Crippen LogP contribution in [0.25, 0.3) is 10.8 Å². The number of carbonyl (C=O) groups excluding carboxylic acids is 1. The number of rotatable bonds is 5. The zero-order chi connectivity index (χ0) is 24.1. The number of hydrogen-bond acceptors (Lipinski definition) is 6. The molecule has 0 saturated heterocycles. The third kappa shape index (κ3) is 4.03. The Bertz CT molecular complexity index is 1530. The van der Waals surface area contributed by atoms with Gasteiger partial charge in [0.25, 0.3) is 11.5 Å². The number of nitrogens with zero attached hydrogens (tertiary/aromatic N) is 4. The molecule has 2 aromatic heterocycles. The van der Waals surface area contributed by atoms with Crippen LogP contribution in [0.4, 0.5) is 10.3 Å². The topological polar surface area (TPSA) is 104 Å². The van der Waals surface area contributed by atoms with Crippen LogP contribution in [0.2, 0.25) is 0 Å². The molecule has 35 heavy (non-hydrogen) atoms. The van der Waals surface area contributed by atoms with Gasteiger partial charge >= 0.3 is 0 Å². The second kappa shape index (κ2) is 8.26. The lowest BCUT2D eigenvalue weighted by Crippen LogP contribution is -2.26. The molecule has 2 N–H and O–H groups in total. The molecule has 2 atom stereocenters. The predicted molar refractivity (Wildman–Crippen MR) is 128 cm³/mol. The van der Waals surface area contributed by atoms with E-state index < -0.39 is 11.7 Å². The van der Waals surface area contributed by atoms with Crippen molar-refractivity contribution in [2.75, 3.05) is 5.32 Å². The Kier molecular flexibility index (Phi) is 5.05. The van der Waals surface area contributed by atoms with Gasteiger partial charge in [0.2, 0.25) is 5.95 Å². The average molecular weight is 471 g/mol. The summed E-state index contributed by atoms with van der Waals surface area (Å²) in [5, 5.41) is 11.3. The number of fused-ring (bicyclic) bond motifs is 2. The van der Waals surface area contributed by atoms with Gasteiger partial charge in [-0.3, -0.25) is 9.59 Å². The van der Waals surface area contributed by atoms with Crippen LogP contribution in [0, 0.1) is 11.7 Å². The molecule has 8 nitrogen and oxygen atoms in total. The maximum absolute atomic E-state index is 14.7. The van der Waals surface area contributed by atoms with E-state index in [4.69, 9.17) is 0 Å². The first kappa shape index (κ1) is 21.4. The molecule has 1 amide bonds. The first-order valence-corrected chi connectivity index (χ1v) is 11.6. The highest BCUT2D eigenvalue weighted by Crippen LogP contribution is 2.32. The van der Waals surface area contributed by atoms with Crippen LogP contribution >= 0.6 is 0 Å². The van der Waals surface area contributed by atoms with Crippen molar-refractivity contribution in [3.05, 3.63) is 92.9 Å². The normalized spacial score (nSPS) is 18.5. The zero-order valence-corrected chi connectivity index (χ0v) is 19.1. The van der Waals surface area contributed by atoms with Crippen LogP contribution in [0.15, 0.2) is 53.5 Å². The largest absolute Gasteiger partial charge is 0.351 e. The average Bonchev–Trinajstić information content (AvgIpc) is 3.38. The fourth-order valence-electron chi connectivity index (χ4n) is 4.57. The number of aromatic amines is 1. The maximum Gasteiger partial charge on any atom is 0.272 e. The first-order chi connectivity index (χ1) is 17.0. The molecule has 6 rings (SSSR count). The van der Waals surface area contributed by atoms with Crippen LogP contribution in [0.1, 0.15) is 46.2 Å². The van der Waals surface area contributed by atoms with Gasteiger partial charge in [-0.2, -0.15) is 5.10 Å². The number of amides is 1. The molecule has 176 valence electrons. The van der Waals surface area contributed by atoms with Crippen LogP contribution in [0.5, 0.6) is 0 Å². The number of nitrogens with one attached hydrogen (secondary N) is 2. The number of anilines is 1. The Morgan fingerprint density at radius 2 is 2.00 bits per heavy atom. The summed E-state index contributed by atoms with van der Waals surface area (Å²) in [7, 11) is 0. The molecule has 9 heteroatoms. The second-order valence-electron chi connectivity index (χ2n) is 9.33. The Morgan fingerprint density at radius 1 is 1.20 bits per heavy atom. The minimum absolute atomic E-state index is 0.00199. The van der Waals surface area contributed by atoms with E-state index >= 15 is 0 Å². The van der Waals surface area contributed by atoms with Gasteiger partial charge in [-0.1, -0.05) is 31.2 Å². The summed E-state index contributed by atoms with van der Waals surface area (Å²) in [5.41, 5.74) is 2.76. The zero-order valence-electron chi connectivity index (χ0n) is 19.1. The van der Waals surface area contributed by atoms with Gasteiger partial charge in [0.1, 0.15) is 5.82 Å². The van der Waals surface area contributed by atoms with Crippen molar-refractivity contribution >= 4 is 22.6 Å². The van der Waals surface area contributed by atoms with Gasteiger partial charge in [0.05, 0.1) is 28.9 Å². The molecule has 0 bridgehead atoms. The Labute approximate surface area is 200 Å². The van der Waals surface area contributed by atoms with Gasteiger partial charge < -0.3 is 10.2 Å². The van der Waals surface area contributed by atoms with Crippen LogP contribution < -0.4 is 10.9 Å². The number of halogens is 1. The lowest BCUT2D eigenvalue weighted by atomic mass is 10.0. The molecule has 1 saturated carbocycles. The molecule has 2 aromatic carbocycles. The van der Waals surface area contributed by atoms with E-state index in [2.05, 4.69) is 32.4 Å². The van der Waals surface area contributed by atoms with Crippen LogP contribution in [-0.4, -0.2) is 37.0 Å². The standard InChI is InChI=1S/C26H23FN6O2/c1-14-8-21(14)29-26-28-11-16-12-33(13-23(16)30-26)25(35)19-9-15(6-7-20(19)27)10-22-17-4-2-3-5-18(17)24(34)32-31-22/h2-7,9,11,14,21H,8,10,12-13H2,1H3,(H,32,34)(H,28,29,30)/t14-,21-/m1/s1. The summed E-state index contributed by atoms with van der Waals surface area (Å²) in [6, 6.07) is 12.1. The molecule has 1 aliphatic heterocycles. The molecule has 1 fully saturated rings. The quantitative estimate of drug-likeness (QED) is 0.463. The fourth-order valence-corrected chi connectivity index (χ4v) is 4.57. The van der Waals surface area contributed by atoms with E-state index in [9.17, 15) is 14.0 Å². The van der Waals surface area contributed by atoms with E-state index in [0.717, 1.165) is 28.6 Å². The summed E-state index contributed by atoms with van der Waals surface area (Å²) in [6.07, 6.45) is 3.19. The van der Waals surface area contributed by atoms with Crippen LogP contribution in [-0.2, 0) is 19.5 Å². The molecule has 0 unspecified atom stereocenters. The summed E-state index contributed by atoms with van der Waals surface area (Å²) in [6.45, 7) is 2.81. The van der Waals surface area contributed by atoms with Crippen molar-refractivity contribution in [1.82, 2.24) is 25.1 Å². The molecule has 3 heterocycles. The predicted octanol–water partition coefficient (Wildman–Crippen LogP) is 3.42. The van der Waals surface area contributed by atoms with Gasteiger partial charge in [0.15, 0.2) is 0 Å². The lowest BCUT2D eigenvalue weighted by molar-refractivity contribution is 0.0745. The number of hydrogen-bond donors (Lipinski definition) is 2. The monoisotopic (exact) mass is 470 g/mol. The van der Waals surface area contributed by atoms with Crippen LogP contribution in [0.3, 0.4) is 0 Å². The van der Waals surface area contributed by atoms with Crippen molar-refractivity contribution in [2.24, 2.45) is 5.92 Å². The maximum atomic E-state index is 14.7. The van der Waals surface area contributed by atoms with Crippen molar-refractivity contribution < 1.29 is 9.18 Å². The first-order valence-electron chi connectivity index (χ1n) is 11.6. The van der Waals surface area contributed by atoms with Gasteiger partial charge in [-0.15, -0.1) is 0 Å². The van der Waals surface area contributed by atoms with Crippen molar-refractivity contribution in [1.29, 1.82) is 0 Å². The highest BCUT2D eigenvalue weighted by Gasteiger charge is 2.34. The number of aromatic nitrogens is 4. The summed E-state index contributed by atoms with van der Waals surface area (Å²) < 4.78 is 14.7. The highest BCUT2D eigenvalue weighted by molar-refractivity contribution is 5.95. The minimum atomic E-state index is -0.579. The van der Waals surface area contributed by atoms with E-state index in [1.54, 1.807) is 35.4 Å². The molecule has 2 aliphatic rings. The SMILES string of the molecule is C[C@@H]1C[C@H]1Nc1ncc2c(n1)CN(C(=O)c1cc(Cc3n[nH]c(=O)c4ccccc34)ccc1F)C2. The summed E-state index contributed by atoms with van der Waals surface area (Å²) in [5.74, 6) is 0.211. The van der Waals surface area contributed by atoms with E-state index in [0.29, 0.717) is 48.5 Å². The van der Waals surface area contributed by atoms with Gasteiger partial charge in [-0.25, -0.2) is 19.5 Å². The molecular weight excluding hydrogens is 447 g/mol. The molecule has 1 aliphatic carbocycles.